The minimum Gasteiger partial charge on any atom is -0.289 e. The monoisotopic (exact) mass is 262 g/mol. The van der Waals surface area contributed by atoms with E-state index in [1.807, 2.05) is 12.1 Å². The quantitative estimate of drug-likeness (QED) is 0.718. The predicted molar refractivity (Wildman–Crippen MR) is 65.8 cm³/mol. The molecule has 0 fully saturated rings. The molecule has 0 aromatic heterocycles. The zero-order valence-electron chi connectivity index (χ0n) is 9.24. The van der Waals surface area contributed by atoms with Crippen molar-refractivity contribution in [3.63, 3.8) is 0 Å². The van der Waals surface area contributed by atoms with Crippen LogP contribution in [0.15, 0.2) is 41.3 Å². The molecule has 0 saturated carbocycles. The molecule has 1 aliphatic rings. The van der Waals surface area contributed by atoms with Crippen molar-refractivity contribution in [1.29, 1.82) is 0 Å². The van der Waals surface area contributed by atoms with Crippen LogP contribution in [0.4, 0.5) is 8.78 Å². The van der Waals surface area contributed by atoms with E-state index < -0.39 is 11.6 Å². The molecule has 0 atom stereocenters. The molecular formula is C14H8F2OS. The Hall–Kier alpha value is -1.68. The second kappa shape index (κ2) is 4.21. The summed E-state index contributed by atoms with van der Waals surface area (Å²) < 4.78 is 26.4. The molecule has 0 radical (unpaired) electrons. The Balaban J connectivity index is 2.22. The van der Waals surface area contributed by atoms with Gasteiger partial charge in [-0.15, -0.1) is 11.8 Å². The zero-order valence-corrected chi connectivity index (χ0v) is 10.1. The lowest BCUT2D eigenvalue weighted by molar-refractivity contribution is 0.103. The van der Waals surface area contributed by atoms with Gasteiger partial charge >= 0.3 is 0 Å². The van der Waals surface area contributed by atoms with E-state index in [9.17, 15) is 13.6 Å². The highest BCUT2D eigenvalue weighted by Gasteiger charge is 2.23. The van der Waals surface area contributed by atoms with Gasteiger partial charge in [0, 0.05) is 21.8 Å². The second-order valence-electron chi connectivity index (χ2n) is 4.04. The highest BCUT2D eigenvalue weighted by atomic mass is 32.2. The SMILES string of the molecule is O=C1c2ccccc2CSc2cc(F)c(F)cc21. The predicted octanol–water partition coefficient (Wildman–Crippen LogP) is 3.80. The summed E-state index contributed by atoms with van der Waals surface area (Å²) >= 11 is 1.35. The Bertz CT molecular complexity index is 652. The molecule has 18 heavy (non-hydrogen) atoms. The molecule has 4 heteroatoms. The summed E-state index contributed by atoms with van der Waals surface area (Å²) in [5.41, 5.74) is 1.70. The fourth-order valence-electron chi connectivity index (χ4n) is 1.99. The van der Waals surface area contributed by atoms with Crippen LogP contribution >= 0.6 is 11.8 Å². The molecule has 1 nitrogen and oxygen atoms in total. The first-order valence-corrected chi connectivity index (χ1v) is 6.40. The van der Waals surface area contributed by atoms with Crippen molar-refractivity contribution in [2.75, 3.05) is 0 Å². The summed E-state index contributed by atoms with van der Waals surface area (Å²) in [6, 6.07) is 9.28. The maximum absolute atomic E-state index is 13.3. The molecule has 2 aromatic carbocycles. The lowest BCUT2D eigenvalue weighted by atomic mass is 9.99. The Morgan fingerprint density at radius 2 is 1.72 bits per heavy atom. The van der Waals surface area contributed by atoms with Crippen molar-refractivity contribution in [1.82, 2.24) is 0 Å². The summed E-state index contributed by atoms with van der Waals surface area (Å²) in [7, 11) is 0. The number of halogens is 2. The minimum absolute atomic E-state index is 0.240. The molecule has 2 aromatic rings. The molecule has 0 N–H and O–H groups in total. The van der Waals surface area contributed by atoms with E-state index >= 15 is 0 Å². The number of ketones is 1. The van der Waals surface area contributed by atoms with Gasteiger partial charge < -0.3 is 0 Å². The van der Waals surface area contributed by atoms with Gasteiger partial charge in [0.25, 0.3) is 0 Å². The number of fused-ring (bicyclic) bond motifs is 2. The van der Waals surface area contributed by atoms with Gasteiger partial charge in [0.15, 0.2) is 17.4 Å². The first kappa shape index (κ1) is 11.4. The van der Waals surface area contributed by atoms with Gasteiger partial charge in [-0.05, 0) is 17.7 Å². The van der Waals surface area contributed by atoms with Crippen LogP contribution in [0.5, 0.6) is 0 Å². The van der Waals surface area contributed by atoms with Crippen molar-refractivity contribution < 1.29 is 13.6 Å². The number of rotatable bonds is 0. The Kier molecular flexibility index (Phi) is 2.67. The standard InChI is InChI=1S/C14H8F2OS/c15-11-5-10-13(6-12(11)16)18-7-8-3-1-2-4-9(8)14(10)17/h1-6H,7H2. The van der Waals surface area contributed by atoms with E-state index in [0.717, 1.165) is 17.7 Å². The van der Waals surface area contributed by atoms with Crippen LogP contribution < -0.4 is 0 Å². The highest BCUT2D eigenvalue weighted by molar-refractivity contribution is 7.98. The van der Waals surface area contributed by atoms with Crippen LogP contribution in [0.25, 0.3) is 0 Å². The van der Waals surface area contributed by atoms with Gasteiger partial charge in [0.2, 0.25) is 0 Å². The van der Waals surface area contributed by atoms with Gasteiger partial charge in [-0.3, -0.25) is 4.79 Å². The third-order valence-electron chi connectivity index (χ3n) is 2.91. The van der Waals surface area contributed by atoms with E-state index in [2.05, 4.69) is 0 Å². The fraction of sp³-hybridized carbons (Fsp3) is 0.0714. The molecule has 90 valence electrons. The van der Waals surface area contributed by atoms with E-state index in [0.29, 0.717) is 16.2 Å². The number of hydrogen-bond acceptors (Lipinski definition) is 2. The lowest BCUT2D eigenvalue weighted by Gasteiger charge is -2.05. The first-order valence-electron chi connectivity index (χ1n) is 5.41. The molecular weight excluding hydrogens is 254 g/mol. The number of carbonyl (C=O) groups is 1. The summed E-state index contributed by atoms with van der Waals surface area (Å²) in [5.74, 6) is -1.56. The number of carbonyl (C=O) groups excluding carboxylic acids is 1. The van der Waals surface area contributed by atoms with Crippen LogP contribution in [0, 0.1) is 11.6 Å². The van der Waals surface area contributed by atoms with Crippen LogP contribution in [0.3, 0.4) is 0 Å². The van der Waals surface area contributed by atoms with E-state index in [4.69, 9.17) is 0 Å². The molecule has 0 unspecified atom stereocenters. The largest absolute Gasteiger partial charge is 0.289 e. The molecule has 0 amide bonds. The van der Waals surface area contributed by atoms with Crippen LogP contribution in [0.1, 0.15) is 21.5 Å². The van der Waals surface area contributed by atoms with Gasteiger partial charge in [-0.1, -0.05) is 24.3 Å². The third kappa shape index (κ3) is 1.73. The molecule has 0 bridgehead atoms. The summed E-state index contributed by atoms with van der Waals surface area (Å²) in [5, 5.41) is 0. The third-order valence-corrected chi connectivity index (χ3v) is 4.02. The Morgan fingerprint density at radius 3 is 2.56 bits per heavy atom. The minimum atomic E-state index is -0.984. The average molecular weight is 262 g/mol. The molecule has 0 spiro atoms. The summed E-state index contributed by atoms with van der Waals surface area (Å²) in [6.07, 6.45) is 0. The normalized spacial score (nSPS) is 13.8. The van der Waals surface area contributed by atoms with Crippen LogP contribution in [0.2, 0.25) is 0 Å². The maximum Gasteiger partial charge on any atom is 0.194 e. The van der Waals surface area contributed by atoms with E-state index in [-0.39, 0.29) is 11.3 Å². The molecule has 0 saturated heterocycles. The van der Waals surface area contributed by atoms with Crippen molar-refractivity contribution in [2.45, 2.75) is 10.6 Å². The number of hydrogen-bond donors (Lipinski definition) is 0. The molecule has 1 heterocycles. The maximum atomic E-state index is 13.3. The smallest absolute Gasteiger partial charge is 0.194 e. The molecule has 1 aliphatic heterocycles. The molecule has 3 rings (SSSR count). The van der Waals surface area contributed by atoms with Crippen molar-refractivity contribution in [3.05, 3.63) is 64.7 Å². The van der Waals surface area contributed by atoms with Gasteiger partial charge in [-0.2, -0.15) is 0 Å². The van der Waals surface area contributed by atoms with Crippen LogP contribution in [-0.4, -0.2) is 5.78 Å². The topological polar surface area (TPSA) is 17.1 Å². The Morgan fingerprint density at radius 1 is 1.00 bits per heavy atom. The summed E-state index contributed by atoms with van der Waals surface area (Å²) in [4.78, 5) is 12.8. The van der Waals surface area contributed by atoms with Crippen molar-refractivity contribution >= 4 is 17.5 Å². The lowest BCUT2D eigenvalue weighted by Crippen LogP contribution is -2.04. The summed E-state index contributed by atoms with van der Waals surface area (Å²) in [6.45, 7) is 0. The highest BCUT2D eigenvalue weighted by Crippen LogP contribution is 2.34. The zero-order chi connectivity index (χ0) is 12.7. The Labute approximate surface area is 107 Å². The molecule has 0 aliphatic carbocycles. The van der Waals surface area contributed by atoms with Gasteiger partial charge in [0.1, 0.15) is 0 Å². The average Bonchev–Trinajstić information content (AvgIpc) is 2.51. The van der Waals surface area contributed by atoms with Crippen molar-refractivity contribution in [2.24, 2.45) is 0 Å². The van der Waals surface area contributed by atoms with Crippen molar-refractivity contribution in [3.8, 4) is 0 Å². The van der Waals surface area contributed by atoms with Gasteiger partial charge in [-0.25, -0.2) is 8.78 Å². The van der Waals surface area contributed by atoms with E-state index in [1.54, 1.807) is 12.1 Å². The number of thioether (sulfide) groups is 1. The first-order chi connectivity index (χ1) is 8.66. The fourth-order valence-corrected chi connectivity index (χ4v) is 3.05. The van der Waals surface area contributed by atoms with Gasteiger partial charge in [0.05, 0.1) is 0 Å². The van der Waals surface area contributed by atoms with Crippen LogP contribution in [-0.2, 0) is 5.75 Å². The number of benzene rings is 2. The van der Waals surface area contributed by atoms with E-state index in [1.165, 1.54) is 11.8 Å². The second-order valence-corrected chi connectivity index (χ2v) is 5.05.